The molecule has 0 saturated heterocycles. The van der Waals surface area contributed by atoms with Crippen LogP contribution in [0.4, 0.5) is 0 Å². The van der Waals surface area contributed by atoms with Crippen LogP contribution in [0.2, 0.25) is 0 Å². The summed E-state index contributed by atoms with van der Waals surface area (Å²) in [7, 11) is 0. The number of nitrogens with zero attached hydrogens (tertiary/aromatic N) is 1. The van der Waals surface area contributed by atoms with Gasteiger partial charge in [-0.3, -0.25) is 0 Å². The van der Waals surface area contributed by atoms with E-state index in [4.69, 9.17) is 0 Å². The molecule has 1 nitrogen and oxygen atoms in total. The average Bonchev–Trinajstić information content (AvgIpc) is 2.83. The lowest BCUT2D eigenvalue weighted by atomic mass is 10.0. The number of aromatic nitrogens is 1. The van der Waals surface area contributed by atoms with Gasteiger partial charge in [-0.25, -0.2) is 0 Å². The van der Waals surface area contributed by atoms with Crippen molar-refractivity contribution in [2.75, 3.05) is 0 Å². The number of rotatable bonds is 1. The molecule has 0 fully saturated rings. The van der Waals surface area contributed by atoms with Crippen LogP contribution < -0.4 is 0 Å². The fraction of sp³-hybridized carbons (Fsp3) is 0.0526. The minimum atomic E-state index is 1.26. The third-order valence-corrected chi connectivity index (χ3v) is 3.89. The summed E-state index contributed by atoms with van der Waals surface area (Å²) in [6.45, 7) is 2.12. The van der Waals surface area contributed by atoms with Crippen LogP contribution in [0.15, 0.2) is 72.9 Å². The van der Waals surface area contributed by atoms with Crippen LogP contribution in [0.5, 0.6) is 0 Å². The minimum absolute atomic E-state index is 1.26. The standard InChI is InChI=1S/C19H15N/c1-14-9-11-15(12-10-14)19-16-6-2-3-7-17(16)20-13-5-4-8-18(19)20/h2-13H,1H3. The zero-order valence-corrected chi connectivity index (χ0v) is 11.4. The second-order valence-corrected chi connectivity index (χ2v) is 5.21. The molecule has 0 atom stereocenters. The van der Waals surface area contributed by atoms with Gasteiger partial charge in [0.2, 0.25) is 0 Å². The zero-order chi connectivity index (χ0) is 13.5. The summed E-state index contributed by atoms with van der Waals surface area (Å²) in [6.07, 6.45) is 2.13. The van der Waals surface area contributed by atoms with E-state index in [1.54, 1.807) is 0 Å². The van der Waals surface area contributed by atoms with Crippen LogP contribution in [0, 0.1) is 6.92 Å². The van der Waals surface area contributed by atoms with E-state index < -0.39 is 0 Å². The fourth-order valence-electron chi connectivity index (χ4n) is 2.91. The summed E-state index contributed by atoms with van der Waals surface area (Å²) in [5.41, 5.74) is 6.42. The van der Waals surface area contributed by atoms with E-state index in [1.165, 1.54) is 33.1 Å². The minimum Gasteiger partial charge on any atom is -0.316 e. The van der Waals surface area contributed by atoms with Crippen molar-refractivity contribution in [1.29, 1.82) is 0 Å². The Hall–Kier alpha value is -2.54. The molecule has 2 heterocycles. The maximum Gasteiger partial charge on any atom is 0.0540 e. The summed E-state index contributed by atoms with van der Waals surface area (Å²) in [6, 6.07) is 23.7. The molecule has 0 aliphatic rings. The van der Waals surface area contributed by atoms with E-state index in [9.17, 15) is 0 Å². The molecule has 1 heteroatoms. The summed E-state index contributed by atoms with van der Waals surface area (Å²) in [4.78, 5) is 0. The first-order valence-electron chi connectivity index (χ1n) is 6.89. The Labute approximate surface area is 118 Å². The number of aryl methyl sites for hydroxylation is 1. The molecule has 0 amide bonds. The smallest absolute Gasteiger partial charge is 0.0540 e. The van der Waals surface area contributed by atoms with Gasteiger partial charge in [0, 0.05) is 17.1 Å². The van der Waals surface area contributed by atoms with Crippen molar-refractivity contribution in [2.45, 2.75) is 6.92 Å². The largest absolute Gasteiger partial charge is 0.316 e. The molecule has 0 spiro atoms. The lowest BCUT2D eigenvalue weighted by molar-refractivity contribution is 1.25. The van der Waals surface area contributed by atoms with Crippen LogP contribution in [0.25, 0.3) is 27.5 Å². The van der Waals surface area contributed by atoms with Gasteiger partial charge in [-0.1, -0.05) is 54.1 Å². The van der Waals surface area contributed by atoms with Crippen LogP contribution in [0.1, 0.15) is 5.56 Å². The van der Waals surface area contributed by atoms with Gasteiger partial charge in [-0.15, -0.1) is 0 Å². The highest BCUT2D eigenvalue weighted by atomic mass is 14.9. The molecule has 0 saturated carbocycles. The van der Waals surface area contributed by atoms with E-state index >= 15 is 0 Å². The number of benzene rings is 2. The molecule has 0 aliphatic heterocycles. The monoisotopic (exact) mass is 257 g/mol. The highest BCUT2D eigenvalue weighted by Crippen LogP contribution is 2.35. The fourth-order valence-corrected chi connectivity index (χ4v) is 2.91. The molecule has 4 rings (SSSR count). The van der Waals surface area contributed by atoms with Crippen LogP contribution in [0.3, 0.4) is 0 Å². The van der Waals surface area contributed by atoms with Gasteiger partial charge in [0.1, 0.15) is 0 Å². The number of hydrogen-bond acceptors (Lipinski definition) is 0. The second kappa shape index (κ2) is 4.24. The Morgan fingerprint density at radius 3 is 2.25 bits per heavy atom. The normalized spacial score (nSPS) is 11.2. The Morgan fingerprint density at radius 2 is 1.40 bits per heavy atom. The molecule has 96 valence electrons. The van der Waals surface area contributed by atoms with Crippen LogP contribution in [-0.4, -0.2) is 4.40 Å². The van der Waals surface area contributed by atoms with Crippen molar-refractivity contribution in [3.63, 3.8) is 0 Å². The van der Waals surface area contributed by atoms with Gasteiger partial charge in [0.15, 0.2) is 0 Å². The summed E-state index contributed by atoms with van der Waals surface area (Å²) < 4.78 is 2.27. The van der Waals surface area contributed by atoms with Crippen molar-refractivity contribution in [2.24, 2.45) is 0 Å². The van der Waals surface area contributed by atoms with Crippen LogP contribution in [-0.2, 0) is 0 Å². The third kappa shape index (κ3) is 1.56. The lowest BCUT2D eigenvalue weighted by Crippen LogP contribution is -1.82. The van der Waals surface area contributed by atoms with Gasteiger partial charge < -0.3 is 4.40 Å². The van der Waals surface area contributed by atoms with E-state index in [-0.39, 0.29) is 0 Å². The van der Waals surface area contributed by atoms with Gasteiger partial charge >= 0.3 is 0 Å². The maximum absolute atomic E-state index is 2.27. The predicted octanol–water partition coefficient (Wildman–Crippen LogP) is 5.07. The maximum atomic E-state index is 2.27. The Bertz CT molecular complexity index is 845. The SMILES string of the molecule is Cc1ccc(-c2c3ccccc3n3ccccc23)cc1. The molecule has 20 heavy (non-hydrogen) atoms. The molecule has 2 aromatic carbocycles. The third-order valence-electron chi connectivity index (χ3n) is 3.89. The second-order valence-electron chi connectivity index (χ2n) is 5.21. The van der Waals surface area contributed by atoms with Gasteiger partial charge in [-0.2, -0.15) is 0 Å². The zero-order valence-electron chi connectivity index (χ0n) is 11.4. The van der Waals surface area contributed by atoms with E-state index in [0.717, 1.165) is 0 Å². The molecular formula is C19H15N. The predicted molar refractivity (Wildman–Crippen MR) is 85.1 cm³/mol. The number of hydrogen-bond donors (Lipinski definition) is 0. The first-order valence-corrected chi connectivity index (χ1v) is 6.89. The van der Waals surface area contributed by atoms with E-state index in [2.05, 4.69) is 84.3 Å². The number of fused-ring (bicyclic) bond motifs is 3. The van der Waals surface area contributed by atoms with Crippen molar-refractivity contribution < 1.29 is 0 Å². The Morgan fingerprint density at radius 1 is 0.700 bits per heavy atom. The van der Waals surface area contributed by atoms with Gasteiger partial charge in [0.05, 0.1) is 11.0 Å². The van der Waals surface area contributed by atoms with Gasteiger partial charge in [0.25, 0.3) is 0 Å². The lowest BCUT2D eigenvalue weighted by Gasteiger charge is -2.02. The molecule has 0 bridgehead atoms. The molecule has 2 aromatic heterocycles. The molecular weight excluding hydrogens is 242 g/mol. The molecule has 0 N–H and O–H groups in total. The summed E-state index contributed by atoms with van der Waals surface area (Å²) in [5.74, 6) is 0. The molecule has 0 unspecified atom stereocenters. The number of para-hydroxylation sites is 1. The van der Waals surface area contributed by atoms with Crippen molar-refractivity contribution in [3.05, 3.63) is 78.5 Å². The summed E-state index contributed by atoms with van der Waals surface area (Å²) in [5, 5.41) is 1.31. The highest BCUT2D eigenvalue weighted by Gasteiger charge is 2.12. The molecule has 0 aliphatic carbocycles. The highest BCUT2D eigenvalue weighted by molar-refractivity contribution is 6.05. The number of pyridine rings is 1. The van der Waals surface area contributed by atoms with Crippen molar-refractivity contribution in [1.82, 2.24) is 4.40 Å². The van der Waals surface area contributed by atoms with Crippen molar-refractivity contribution in [3.8, 4) is 11.1 Å². The van der Waals surface area contributed by atoms with Crippen molar-refractivity contribution >= 4 is 16.4 Å². The first-order chi connectivity index (χ1) is 9.84. The first kappa shape index (κ1) is 11.3. The van der Waals surface area contributed by atoms with Gasteiger partial charge in [-0.05, 0) is 30.7 Å². The van der Waals surface area contributed by atoms with Crippen LogP contribution >= 0.6 is 0 Å². The van der Waals surface area contributed by atoms with E-state index in [0.29, 0.717) is 0 Å². The Kier molecular flexibility index (Phi) is 2.40. The molecule has 4 aromatic rings. The van der Waals surface area contributed by atoms with E-state index in [1.807, 2.05) is 0 Å². The summed E-state index contributed by atoms with van der Waals surface area (Å²) >= 11 is 0. The quantitative estimate of drug-likeness (QED) is 0.448. The topological polar surface area (TPSA) is 4.41 Å². The average molecular weight is 257 g/mol. The molecule has 0 radical (unpaired) electrons. The Balaban J connectivity index is 2.17.